The molecule has 194 valence electrons. The Kier molecular flexibility index (Phi) is 9.60. The van der Waals surface area contributed by atoms with E-state index < -0.39 is 23.9 Å². The number of hydrogen-bond acceptors (Lipinski definition) is 6. The average Bonchev–Trinajstić information content (AvgIpc) is 3.22. The van der Waals surface area contributed by atoms with Crippen molar-refractivity contribution in [2.24, 2.45) is 0 Å². The molecule has 0 fully saturated rings. The van der Waals surface area contributed by atoms with Crippen LogP contribution in [-0.4, -0.2) is 35.9 Å². The molecule has 2 aromatic heterocycles. The summed E-state index contributed by atoms with van der Waals surface area (Å²) >= 11 is 9.46. The molecule has 2 heterocycles. The molecule has 3 rings (SSSR count). The van der Waals surface area contributed by atoms with E-state index in [-0.39, 0.29) is 22.5 Å². The highest BCUT2D eigenvalue weighted by Gasteiger charge is 2.39. The minimum atomic E-state index is -5.26. The van der Waals surface area contributed by atoms with E-state index in [0.717, 1.165) is 10.8 Å². The monoisotopic (exact) mass is 700 g/mol. The van der Waals surface area contributed by atoms with Gasteiger partial charge in [-0.05, 0) is 93.7 Å². The normalized spacial score (nSPS) is 12.1. The van der Waals surface area contributed by atoms with Gasteiger partial charge >= 0.3 is 18.5 Å². The highest BCUT2D eigenvalue weighted by atomic mass is 79.9. The van der Waals surface area contributed by atoms with Gasteiger partial charge in [-0.15, -0.1) is 23.4 Å². The number of aromatic nitrogens is 6. The van der Waals surface area contributed by atoms with Crippen LogP contribution in [0.5, 0.6) is 17.5 Å². The summed E-state index contributed by atoms with van der Waals surface area (Å²) < 4.78 is 89.0. The fourth-order valence-electron chi connectivity index (χ4n) is 2.41. The first-order valence-electron chi connectivity index (χ1n) is 9.52. The van der Waals surface area contributed by atoms with Gasteiger partial charge in [0, 0.05) is 6.04 Å². The summed E-state index contributed by atoms with van der Waals surface area (Å²) in [7, 11) is 0. The molecular formula is C18H17Br3F6N6O2. The van der Waals surface area contributed by atoms with Gasteiger partial charge in [-0.2, -0.15) is 23.1 Å². The molecule has 0 bridgehead atoms. The van der Waals surface area contributed by atoms with Gasteiger partial charge < -0.3 is 9.47 Å². The predicted molar refractivity (Wildman–Crippen MR) is 122 cm³/mol. The summed E-state index contributed by atoms with van der Waals surface area (Å²) in [6, 6.07) is 1.82. The Morgan fingerprint density at radius 3 is 1.80 bits per heavy atom. The van der Waals surface area contributed by atoms with Crippen LogP contribution in [0.25, 0.3) is 0 Å². The summed E-state index contributed by atoms with van der Waals surface area (Å²) in [5, 5.41) is 8.03. The minimum Gasteiger partial charge on any atom is -0.424 e. The van der Waals surface area contributed by atoms with Crippen LogP contribution in [0.4, 0.5) is 26.3 Å². The van der Waals surface area contributed by atoms with Crippen LogP contribution in [0.1, 0.15) is 45.3 Å². The van der Waals surface area contributed by atoms with Crippen molar-refractivity contribution in [3.8, 4) is 17.5 Å². The number of rotatable bonds is 5. The molecule has 0 saturated heterocycles. The van der Waals surface area contributed by atoms with Crippen molar-refractivity contribution in [3.63, 3.8) is 0 Å². The van der Waals surface area contributed by atoms with Gasteiger partial charge in [0.05, 0.1) is 6.04 Å². The minimum absolute atomic E-state index is 0.125. The Bertz CT molecular complexity index is 1150. The number of halogens is 9. The predicted octanol–water partition coefficient (Wildman–Crippen LogP) is 7.72. The van der Waals surface area contributed by atoms with E-state index in [2.05, 4.69) is 72.7 Å². The zero-order valence-corrected chi connectivity index (χ0v) is 23.0. The van der Waals surface area contributed by atoms with Crippen molar-refractivity contribution >= 4 is 47.8 Å². The van der Waals surface area contributed by atoms with Gasteiger partial charge in [0.15, 0.2) is 4.73 Å². The molecule has 0 N–H and O–H groups in total. The van der Waals surface area contributed by atoms with Crippen molar-refractivity contribution in [1.29, 1.82) is 0 Å². The molecule has 1 aromatic carbocycles. The molecule has 0 aliphatic carbocycles. The lowest BCUT2D eigenvalue weighted by molar-refractivity contribution is -0.276. The third-order valence-electron chi connectivity index (χ3n) is 3.81. The second-order valence-electron chi connectivity index (χ2n) is 7.20. The molecule has 35 heavy (non-hydrogen) atoms. The van der Waals surface area contributed by atoms with Crippen molar-refractivity contribution in [2.75, 3.05) is 0 Å². The topological polar surface area (TPSA) is 79.9 Å². The van der Waals surface area contributed by atoms with E-state index in [1.165, 1.54) is 4.68 Å². The van der Waals surface area contributed by atoms with Crippen LogP contribution in [0.15, 0.2) is 32.4 Å². The van der Waals surface area contributed by atoms with E-state index in [0.29, 0.717) is 22.9 Å². The van der Waals surface area contributed by atoms with E-state index >= 15 is 0 Å². The quantitative estimate of drug-likeness (QED) is 0.254. The third-order valence-corrected chi connectivity index (χ3v) is 5.02. The fourth-order valence-corrected chi connectivity index (χ4v) is 3.97. The fraction of sp³-hybridized carbons (Fsp3) is 0.444. The van der Waals surface area contributed by atoms with Gasteiger partial charge in [0.1, 0.15) is 17.1 Å². The zero-order chi connectivity index (χ0) is 26.7. The van der Waals surface area contributed by atoms with Crippen LogP contribution in [0.3, 0.4) is 0 Å². The van der Waals surface area contributed by atoms with Gasteiger partial charge in [-0.1, -0.05) is 0 Å². The molecule has 0 spiro atoms. The molecule has 8 nitrogen and oxygen atoms in total. The molecule has 0 amide bonds. The van der Waals surface area contributed by atoms with Crippen molar-refractivity contribution < 1.29 is 35.8 Å². The first-order valence-corrected chi connectivity index (χ1v) is 11.9. The second kappa shape index (κ2) is 11.5. The Hall–Kier alpha value is -1.88. The smallest absolute Gasteiger partial charge is 0.424 e. The van der Waals surface area contributed by atoms with Gasteiger partial charge in [-0.25, -0.2) is 9.36 Å². The second-order valence-corrected chi connectivity index (χ2v) is 9.32. The summed E-state index contributed by atoms with van der Waals surface area (Å²) in [5.41, 5.74) is -1.63. The Morgan fingerprint density at radius 2 is 1.37 bits per heavy atom. The van der Waals surface area contributed by atoms with Gasteiger partial charge in [-0.3, -0.25) is 0 Å². The maximum Gasteiger partial charge on any atom is 0.573 e. The standard InChI is InChI=1S/C13H10BrF6N3O2.C5H7Br2N3/c1-6(2)23-11(21-10(14)22-23)24-7-3-4-9(25-13(18,19)20)8(5-7)12(15,16)17;1-3(2)10-5(7)8-4(6)9-10/h3-6H,1-2H3;3H,1-2H3. The molecular weight excluding hydrogens is 686 g/mol. The Balaban J connectivity index is 0.000000360. The van der Waals surface area contributed by atoms with Crippen LogP contribution in [0.2, 0.25) is 0 Å². The molecule has 0 aliphatic heterocycles. The maximum absolute atomic E-state index is 13.0. The van der Waals surface area contributed by atoms with Crippen LogP contribution >= 0.6 is 47.8 Å². The summed E-state index contributed by atoms with van der Waals surface area (Å²) in [6.07, 6.45) is -10.3. The van der Waals surface area contributed by atoms with Crippen molar-refractivity contribution in [1.82, 2.24) is 29.5 Å². The lowest BCUT2D eigenvalue weighted by Gasteiger charge is -2.16. The SMILES string of the molecule is CC(C)n1nc(Br)nc1Br.CC(C)n1nc(Br)nc1Oc1ccc(OC(F)(F)F)c(C(F)(F)F)c1. The molecule has 0 aliphatic rings. The summed E-state index contributed by atoms with van der Waals surface area (Å²) in [5.74, 6) is -1.75. The number of alkyl halides is 6. The molecule has 0 atom stereocenters. The maximum atomic E-state index is 13.0. The van der Waals surface area contributed by atoms with Crippen molar-refractivity contribution in [3.05, 3.63) is 38.0 Å². The third kappa shape index (κ3) is 8.63. The number of hydrogen-bond donors (Lipinski definition) is 0. The summed E-state index contributed by atoms with van der Waals surface area (Å²) in [6.45, 7) is 7.56. The lowest BCUT2D eigenvalue weighted by Crippen LogP contribution is -2.20. The highest BCUT2D eigenvalue weighted by Crippen LogP contribution is 2.41. The first kappa shape index (κ1) is 29.4. The Morgan fingerprint density at radius 1 is 0.829 bits per heavy atom. The molecule has 17 heteroatoms. The lowest BCUT2D eigenvalue weighted by atomic mass is 10.2. The largest absolute Gasteiger partial charge is 0.573 e. The van der Waals surface area contributed by atoms with E-state index in [1.807, 2.05) is 13.8 Å². The first-order chi connectivity index (χ1) is 16.0. The Labute approximate surface area is 220 Å². The zero-order valence-electron chi connectivity index (χ0n) is 18.3. The number of benzene rings is 1. The van der Waals surface area contributed by atoms with E-state index in [1.54, 1.807) is 18.5 Å². The van der Waals surface area contributed by atoms with Gasteiger partial charge in [0.2, 0.25) is 9.47 Å². The highest BCUT2D eigenvalue weighted by molar-refractivity contribution is 9.11. The van der Waals surface area contributed by atoms with E-state index in [4.69, 9.17) is 4.74 Å². The van der Waals surface area contributed by atoms with Gasteiger partial charge in [0.25, 0.3) is 0 Å². The molecule has 0 saturated carbocycles. The molecule has 0 radical (unpaired) electrons. The van der Waals surface area contributed by atoms with Crippen molar-refractivity contribution in [2.45, 2.75) is 52.3 Å². The average molecular weight is 703 g/mol. The summed E-state index contributed by atoms with van der Waals surface area (Å²) in [4.78, 5) is 7.87. The van der Waals surface area contributed by atoms with E-state index in [9.17, 15) is 26.3 Å². The molecule has 3 aromatic rings. The van der Waals surface area contributed by atoms with Crippen LogP contribution in [-0.2, 0) is 6.18 Å². The molecule has 0 unspecified atom stereocenters. The number of ether oxygens (including phenoxy) is 2. The number of nitrogens with zero attached hydrogens (tertiary/aromatic N) is 6. The van der Waals surface area contributed by atoms with Crippen LogP contribution in [0, 0.1) is 0 Å². The van der Waals surface area contributed by atoms with Crippen LogP contribution < -0.4 is 9.47 Å².